The smallest absolute Gasteiger partial charge is 0.171 e. The third-order valence-corrected chi connectivity index (χ3v) is 1.63. The van der Waals surface area contributed by atoms with Gasteiger partial charge in [0.15, 0.2) is 6.23 Å². The molecule has 2 nitrogen and oxygen atoms in total. The third-order valence-electron chi connectivity index (χ3n) is 1.63. The van der Waals surface area contributed by atoms with Gasteiger partial charge in [0.25, 0.3) is 0 Å². The Morgan fingerprint density at radius 2 is 2.10 bits per heavy atom. The minimum Gasteiger partial charge on any atom is -0.368 e. The number of aliphatic hydroxyl groups is 1. The van der Waals surface area contributed by atoms with Crippen LogP contribution in [0.4, 0.5) is 0 Å². The molecule has 0 fully saturated rings. The lowest BCUT2D eigenvalue weighted by atomic mass is 10.1. The molecule has 10 heavy (non-hydrogen) atoms. The zero-order valence-electron chi connectivity index (χ0n) is 5.36. The maximum absolute atomic E-state index is 9.18. The van der Waals surface area contributed by atoms with E-state index in [1.165, 1.54) is 0 Å². The zero-order valence-corrected chi connectivity index (χ0v) is 5.36. The molecular weight excluding hydrogens is 126 g/mol. The van der Waals surface area contributed by atoms with Crippen LogP contribution in [0.5, 0.6) is 0 Å². The van der Waals surface area contributed by atoms with Gasteiger partial charge in [-0.25, -0.2) is 0 Å². The highest BCUT2D eigenvalue weighted by Gasteiger charge is 2.13. The average molecular weight is 133 g/mol. The molecule has 50 valence electrons. The number of benzene rings is 1. The highest BCUT2D eigenvalue weighted by atomic mass is 16.3. The third kappa shape index (κ3) is 0.660. The first kappa shape index (κ1) is 5.62. The molecule has 1 atom stereocenters. The summed E-state index contributed by atoms with van der Waals surface area (Å²) in [4.78, 5) is 3.83. The Kier molecular flexibility index (Phi) is 1.08. The molecule has 0 radical (unpaired) electrons. The van der Waals surface area contributed by atoms with Gasteiger partial charge in [-0.1, -0.05) is 24.3 Å². The van der Waals surface area contributed by atoms with Gasteiger partial charge in [-0.2, -0.15) is 0 Å². The van der Waals surface area contributed by atoms with Crippen molar-refractivity contribution in [2.24, 2.45) is 4.99 Å². The van der Waals surface area contributed by atoms with Crippen LogP contribution in [-0.2, 0) is 0 Å². The quantitative estimate of drug-likeness (QED) is 0.565. The molecule has 0 saturated carbocycles. The predicted octanol–water partition coefficient (Wildman–Crippen LogP) is 1.11. The molecule has 0 aromatic heterocycles. The first-order valence-corrected chi connectivity index (χ1v) is 3.18. The topological polar surface area (TPSA) is 32.6 Å². The molecule has 0 aliphatic carbocycles. The number of aliphatic hydroxyl groups excluding tert-OH is 1. The van der Waals surface area contributed by atoms with Crippen molar-refractivity contribution in [3.05, 3.63) is 35.4 Å². The van der Waals surface area contributed by atoms with Crippen molar-refractivity contribution < 1.29 is 5.11 Å². The number of hydrogen-bond donors (Lipinski definition) is 1. The van der Waals surface area contributed by atoms with Crippen LogP contribution < -0.4 is 0 Å². The molecule has 1 aliphatic heterocycles. The van der Waals surface area contributed by atoms with Crippen LogP contribution in [0.2, 0.25) is 0 Å². The van der Waals surface area contributed by atoms with Crippen LogP contribution in [0.1, 0.15) is 17.4 Å². The van der Waals surface area contributed by atoms with Crippen molar-refractivity contribution in [2.75, 3.05) is 0 Å². The Morgan fingerprint density at radius 1 is 1.30 bits per heavy atom. The van der Waals surface area contributed by atoms with Crippen molar-refractivity contribution >= 4 is 6.21 Å². The summed E-state index contributed by atoms with van der Waals surface area (Å²) in [5.41, 5.74) is 1.93. The van der Waals surface area contributed by atoms with Crippen LogP contribution in [0.3, 0.4) is 0 Å². The second-order valence-corrected chi connectivity index (χ2v) is 2.28. The lowest BCUT2D eigenvalue weighted by Crippen LogP contribution is -1.88. The summed E-state index contributed by atoms with van der Waals surface area (Å²) < 4.78 is 0. The van der Waals surface area contributed by atoms with Crippen molar-refractivity contribution in [3.8, 4) is 0 Å². The Bertz CT molecular complexity index is 280. The van der Waals surface area contributed by atoms with Gasteiger partial charge in [0.2, 0.25) is 0 Å². The first-order chi connectivity index (χ1) is 4.88. The van der Waals surface area contributed by atoms with E-state index in [2.05, 4.69) is 4.99 Å². The second kappa shape index (κ2) is 1.92. The molecule has 1 aromatic carbocycles. The van der Waals surface area contributed by atoms with E-state index < -0.39 is 6.23 Å². The fraction of sp³-hybridized carbons (Fsp3) is 0.125. The summed E-state index contributed by atoms with van der Waals surface area (Å²) in [7, 11) is 0. The second-order valence-electron chi connectivity index (χ2n) is 2.28. The first-order valence-electron chi connectivity index (χ1n) is 3.18. The summed E-state index contributed by atoms with van der Waals surface area (Å²) in [6.45, 7) is 0. The summed E-state index contributed by atoms with van der Waals surface area (Å²) in [6, 6.07) is 7.65. The van der Waals surface area contributed by atoms with Gasteiger partial charge in [-0.3, -0.25) is 4.99 Å². The summed E-state index contributed by atoms with van der Waals surface area (Å²) in [5, 5.41) is 9.18. The molecule has 2 heteroatoms. The molecule has 1 heterocycles. The number of rotatable bonds is 0. The van der Waals surface area contributed by atoms with Gasteiger partial charge in [0.05, 0.1) is 0 Å². The maximum Gasteiger partial charge on any atom is 0.171 e. The number of fused-ring (bicyclic) bond motifs is 1. The molecule has 0 saturated heterocycles. The summed E-state index contributed by atoms with van der Waals surface area (Å²) in [6.07, 6.45) is 1.07. The average Bonchev–Trinajstić information content (AvgIpc) is 2.34. The van der Waals surface area contributed by atoms with E-state index in [1.807, 2.05) is 24.3 Å². The van der Waals surface area contributed by atoms with Crippen molar-refractivity contribution in [1.82, 2.24) is 0 Å². The Morgan fingerprint density at radius 3 is 2.90 bits per heavy atom. The lowest BCUT2D eigenvalue weighted by molar-refractivity contribution is 0.193. The van der Waals surface area contributed by atoms with Gasteiger partial charge in [-0.15, -0.1) is 0 Å². The molecule has 0 bridgehead atoms. The molecule has 0 spiro atoms. The normalized spacial score (nSPS) is 21.1. The minimum absolute atomic E-state index is 0.629. The van der Waals surface area contributed by atoms with Crippen LogP contribution in [-0.4, -0.2) is 11.3 Å². The van der Waals surface area contributed by atoms with E-state index in [0.717, 1.165) is 11.1 Å². The fourth-order valence-electron chi connectivity index (χ4n) is 1.09. The SMILES string of the molecule is OC1N=Cc2ccccc21. The molecule has 1 aromatic rings. The van der Waals surface area contributed by atoms with E-state index in [-0.39, 0.29) is 0 Å². The Labute approximate surface area is 58.8 Å². The van der Waals surface area contributed by atoms with Crippen LogP contribution in [0.25, 0.3) is 0 Å². The molecule has 2 rings (SSSR count). The monoisotopic (exact) mass is 133 g/mol. The molecular formula is C8H7NO. The number of hydrogen-bond acceptors (Lipinski definition) is 2. The van der Waals surface area contributed by atoms with E-state index in [9.17, 15) is 5.11 Å². The fourth-order valence-corrected chi connectivity index (χ4v) is 1.09. The number of aliphatic imine (C=N–C) groups is 1. The van der Waals surface area contributed by atoms with Gasteiger partial charge in [0.1, 0.15) is 0 Å². The lowest BCUT2D eigenvalue weighted by Gasteiger charge is -1.99. The van der Waals surface area contributed by atoms with Gasteiger partial charge in [-0.05, 0) is 0 Å². The minimum atomic E-state index is -0.629. The van der Waals surface area contributed by atoms with E-state index >= 15 is 0 Å². The molecule has 0 amide bonds. The highest BCUT2D eigenvalue weighted by molar-refractivity contribution is 5.84. The van der Waals surface area contributed by atoms with E-state index in [4.69, 9.17) is 0 Å². The molecule has 1 aliphatic rings. The largest absolute Gasteiger partial charge is 0.368 e. The van der Waals surface area contributed by atoms with Crippen molar-refractivity contribution in [2.45, 2.75) is 6.23 Å². The standard InChI is InChI=1S/C8H7NO/c10-8-7-4-2-1-3-6(7)5-9-8/h1-5,8,10H. The van der Waals surface area contributed by atoms with Crippen LogP contribution >= 0.6 is 0 Å². The Hall–Kier alpha value is -1.15. The highest BCUT2D eigenvalue weighted by Crippen LogP contribution is 2.22. The molecule has 1 N–H and O–H groups in total. The number of nitrogens with zero attached hydrogens (tertiary/aromatic N) is 1. The van der Waals surface area contributed by atoms with E-state index in [1.54, 1.807) is 6.21 Å². The van der Waals surface area contributed by atoms with Crippen LogP contribution in [0, 0.1) is 0 Å². The van der Waals surface area contributed by atoms with Crippen molar-refractivity contribution in [3.63, 3.8) is 0 Å². The Balaban J connectivity index is 2.59. The summed E-state index contributed by atoms with van der Waals surface area (Å²) >= 11 is 0. The summed E-state index contributed by atoms with van der Waals surface area (Å²) in [5.74, 6) is 0. The predicted molar refractivity (Wildman–Crippen MR) is 39.0 cm³/mol. The zero-order chi connectivity index (χ0) is 6.97. The van der Waals surface area contributed by atoms with Crippen molar-refractivity contribution in [1.29, 1.82) is 0 Å². The maximum atomic E-state index is 9.18. The van der Waals surface area contributed by atoms with Gasteiger partial charge in [0, 0.05) is 17.3 Å². The van der Waals surface area contributed by atoms with Gasteiger partial charge < -0.3 is 5.11 Å². The van der Waals surface area contributed by atoms with Crippen LogP contribution in [0.15, 0.2) is 29.3 Å². The molecule has 1 unspecified atom stereocenters. The van der Waals surface area contributed by atoms with Gasteiger partial charge >= 0.3 is 0 Å². The van der Waals surface area contributed by atoms with E-state index in [0.29, 0.717) is 0 Å².